The molecule has 94 valence electrons. The maximum atomic E-state index is 11.1. The molecule has 6 nitrogen and oxygen atoms in total. The quantitative estimate of drug-likeness (QED) is 0.520. The highest BCUT2D eigenvalue weighted by molar-refractivity contribution is 5.85. The van der Waals surface area contributed by atoms with Crippen LogP contribution in [0.25, 0.3) is 11.1 Å². The second kappa shape index (κ2) is 3.88. The SMILES string of the molecule is O=[N+]([O-])c1cc2c(c([N+](=O)[O-])c1)-c1ccccc1C2. The van der Waals surface area contributed by atoms with Gasteiger partial charge in [-0.1, -0.05) is 24.3 Å². The van der Waals surface area contributed by atoms with E-state index in [1.807, 2.05) is 12.1 Å². The molecule has 0 aliphatic heterocycles. The first kappa shape index (κ1) is 11.3. The van der Waals surface area contributed by atoms with Gasteiger partial charge in [-0.3, -0.25) is 20.2 Å². The highest BCUT2D eigenvalue weighted by Gasteiger charge is 2.30. The molecule has 2 aromatic rings. The smallest absolute Gasteiger partial charge is 0.258 e. The lowest BCUT2D eigenvalue weighted by Gasteiger charge is -2.02. The van der Waals surface area contributed by atoms with Crippen LogP contribution in [0.4, 0.5) is 11.4 Å². The molecule has 0 fully saturated rings. The molecule has 1 aliphatic rings. The number of fused-ring (bicyclic) bond motifs is 3. The second-order valence-corrected chi connectivity index (χ2v) is 4.35. The molecule has 1 aliphatic carbocycles. The molecule has 0 heterocycles. The van der Waals surface area contributed by atoms with Gasteiger partial charge in [-0.2, -0.15) is 0 Å². The number of nitro groups is 2. The number of nitro benzene ring substituents is 2. The Bertz CT molecular complexity index is 725. The zero-order valence-corrected chi connectivity index (χ0v) is 9.70. The van der Waals surface area contributed by atoms with Gasteiger partial charge in [0, 0.05) is 6.07 Å². The predicted molar refractivity (Wildman–Crippen MR) is 68.0 cm³/mol. The lowest BCUT2D eigenvalue weighted by Crippen LogP contribution is -1.96. The van der Waals surface area contributed by atoms with Crippen molar-refractivity contribution in [1.29, 1.82) is 0 Å². The highest BCUT2D eigenvalue weighted by Crippen LogP contribution is 2.44. The number of benzene rings is 2. The van der Waals surface area contributed by atoms with Gasteiger partial charge in [-0.05, 0) is 23.1 Å². The van der Waals surface area contributed by atoms with Crippen LogP contribution in [0.5, 0.6) is 0 Å². The standard InChI is InChI=1S/C13H8N2O4/c16-14(17)10-6-9-5-8-3-1-2-4-11(8)13(9)12(7-10)15(18)19/h1-4,6-7H,5H2. The molecule has 0 bridgehead atoms. The van der Waals surface area contributed by atoms with Crippen LogP contribution < -0.4 is 0 Å². The van der Waals surface area contributed by atoms with E-state index in [1.165, 1.54) is 6.07 Å². The molecule has 6 heteroatoms. The summed E-state index contributed by atoms with van der Waals surface area (Å²) in [5.74, 6) is 0. The molecule has 0 radical (unpaired) electrons. The molecule has 0 spiro atoms. The van der Waals surface area contributed by atoms with Crippen LogP contribution in [0, 0.1) is 20.2 Å². The fourth-order valence-corrected chi connectivity index (χ4v) is 2.49. The second-order valence-electron chi connectivity index (χ2n) is 4.35. The zero-order valence-electron chi connectivity index (χ0n) is 9.70. The summed E-state index contributed by atoms with van der Waals surface area (Å²) < 4.78 is 0. The van der Waals surface area contributed by atoms with Gasteiger partial charge in [0.15, 0.2) is 0 Å². The average Bonchev–Trinajstić information content (AvgIpc) is 2.75. The van der Waals surface area contributed by atoms with E-state index >= 15 is 0 Å². The molecule has 0 atom stereocenters. The Morgan fingerprint density at radius 3 is 2.37 bits per heavy atom. The first-order valence-electron chi connectivity index (χ1n) is 5.62. The average molecular weight is 256 g/mol. The maximum Gasteiger partial charge on any atom is 0.284 e. The van der Waals surface area contributed by atoms with Gasteiger partial charge in [0.2, 0.25) is 0 Å². The van der Waals surface area contributed by atoms with Crippen molar-refractivity contribution in [2.24, 2.45) is 0 Å². The minimum absolute atomic E-state index is 0.200. The molecule has 0 aromatic heterocycles. The molecule has 2 aromatic carbocycles. The third-order valence-electron chi connectivity index (χ3n) is 3.26. The van der Waals surface area contributed by atoms with Gasteiger partial charge in [0.1, 0.15) is 0 Å². The summed E-state index contributed by atoms with van der Waals surface area (Å²) in [6, 6.07) is 9.79. The van der Waals surface area contributed by atoms with E-state index < -0.39 is 9.85 Å². The van der Waals surface area contributed by atoms with E-state index in [4.69, 9.17) is 0 Å². The largest absolute Gasteiger partial charge is 0.284 e. The Kier molecular flexibility index (Phi) is 2.31. The Balaban J connectivity index is 2.32. The van der Waals surface area contributed by atoms with Crippen LogP contribution in [0.15, 0.2) is 36.4 Å². The first-order valence-corrected chi connectivity index (χ1v) is 5.62. The van der Waals surface area contributed by atoms with Crippen molar-refractivity contribution in [3.05, 3.63) is 67.8 Å². The number of hydrogen-bond donors (Lipinski definition) is 0. The van der Waals surface area contributed by atoms with E-state index in [0.29, 0.717) is 17.5 Å². The van der Waals surface area contributed by atoms with Gasteiger partial charge in [0.25, 0.3) is 11.4 Å². The number of non-ortho nitro benzene ring substituents is 1. The summed E-state index contributed by atoms with van der Waals surface area (Å²) in [5.41, 5.74) is 2.46. The minimum Gasteiger partial charge on any atom is -0.258 e. The summed E-state index contributed by atoms with van der Waals surface area (Å²) in [4.78, 5) is 20.8. The van der Waals surface area contributed by atoms with E-state index in [9.17, 15) is 20.2 Å². The molecular formula is C13H8N2O4. The van der Waals surface area contributed by atoms with Crippen LogP contribution in [-0.4, -0.2) is 9.85 Å². The van der Waals surface area contributed by atoms with E-state index in [2.05, 4.69) is 0 Å². The van der Waals surface area contributed by atoms with Crippen molar-refractivity contribution in [2.45, 2.75) is 6.42 Å². The molecule has 0 amide bonds. The Labute approximate surface area is 107 Å². The summed E-state index contributed by atoms with van der Waals surface area (Å²) in [5, 5.41) is 22.0. The summed E-state index contributed by atoms with van der Waals surface area (Å²) in [6.07, 6.45) is 0.494. The van der Waals surface area contributed by atoms with Gasteiger partial charge < -0.3 is 0 Å². The highest BCUT2D eigenvalue weighted by atomic mass is 16.6. The maximum absolute atomic E-state index is 11.1. The third-order valence-corrected chi connectivity index (χ3v) is 3.26. The van der Waals surface area contributed by atoms with Crippen molar-refractivity contribution in [2.75, 3.05) is 0 Å². The molecule has 3 rings (SSSR count). The zero-order chi connectivity index (χ0) is 13.6. The predicted octanol–water partition coefficient (Wildman–Crippen LogP) is 3.07. The van der Waals surface area contributed by atoms with Gasteiger partial charge >= 0.3 is 0 Å². The van der Waals surface area contributed by atoms with Gasteiger partial charge in [-0.15, -0.1) is 0 Å². The Morgan fingerprint density at radius 2 is 1.68 bits per heavy atom. The van der Waals surface area contributed by atoms with Gasteiger partial charge in [-0.25, -0.2) is 0 Å². The molecule has 0 unspecified atom stereocenters. The number of hydrogen-bond acceptors (Lipinski definition) is 4. The van der Waals surface area contributed by atoms with Crippen molar-refractivity contribution in [3.8, 4) is 11.1 Å². The van der Waals surface area contributed by atoms with Crippen LogP contribution in [0.3, 0.4) is 0 Å². The topological polar surface area (TPSA) is 86.3 Å². The van der Waals surface area contributed by atoms with Crippen LogP contribution in [0.2, 0.25) is 0 Å². The van der Waals surface area contributed by atoms with Crippen molar-refractivity contribution < 1.29 is 9.85 Å². The monoisotopic (exact) mass is 256 g/mol. The fraction of sp³-hybridized carbons (Fsp3) is 0.0769. The Hall–Kier alpha value is -2.76. The number of rotatable bonds is 2. The van der Waals surface area contributed by atoms with Crippen LogP contribution in [-0.2, 0) is 6.42 Å². The van der Waals surface area contributed by atoms with E-state index in [1.54, 1.807) is 12.1 Å². The molecule has 0 saturated carbocycles. The van der Waals surface area contributed by atoms with Crippen LogP contribution >= 0.6 is 0 Å². The summed E-state index contributed by atoms with van der Waals surface area (Å²) in [6.45, 7) is 0. The molecule has 19 heavy (non-hydrogen) atoms. The molecule has 0 N–H and O–H groups in total. The normalized spacial score (nSPS) is 11.8. The molecular weight excluding hydrogens is 248 g/mol. The lowest BCUT2D eigenvalue weighted by molar-refractivity contribution is -0.393. The molecule has 0 saturated heterocycles. The fourth-order valence-electron chi connectivity index (χ4n) is 2.49. The third kappa shape index (κ3) is 1.65. The number of nitrogens with zero attached hydrogens (tertiary/aromatic N) is 2. The lowest BCUT2D eigenvalue weighted by atomic mass is 10.0. The van der Waals surface area contributed by atoms with Crippen molar-refractivity contribution in [1.82, 2.24) is 0 Å². The minimum atomic E-state index is -0.601. The summed E-state index contributed by atoms with van der Waals surface area (Å²) in [7, 11) is 0. The van der Waals surface area contributed by atoms with E-state index in [0.717, 1.165) is 17.2 Å². The Morgan fingerprint density at radius 1 is 0.947 bits per heavy atom. The van der Waals surface area contributed by atoms with Crippen molar-refractivity contribution >= 4 is 11.4 Å². The first-order chi connectivity index (χ1) is 9.08. The summed E-state index contributed by atoms with van der Waals surface area (Å²) >= 11 is 0. The van der Waals surface area contributed by atoms with E-state index in [-0.39, 0.29) is 11.4 Å². The van der Waals surface area contributed by atoms with Gasteiger partial charge in [0.05, 0.1) is 21.5 Å². The van der Waals surface area contributed by atoms with Crippen LogP contribution in [0.1, 0.15) is 11.1 Å². The van der Waals surface area contributed by atoms with Crippen molar-refractivity contribution in [3.63, 3.8) is 0 Å².